The highest BCUT2D eigenvalue weighted by Gasteiger charge is 2.24. The van der Waals surface area contributed by atoms with Gasteiger partial charge in [-0.3, -0.25) is 20.3 Å². The molecule has 0 fully saturated rings. The maximum absolute atomic E-state index is 13.0. The maximum Gasteiger partial charge on any atom is 0.337 e. The van der Waals surface area contributed by atoms with E-state index in [-0.39, 0.29) is 28.3 Å². The average molecular weight is 472 g/mol. The number of carboxylic acids is 1. The summed E-state index contributed by atoms with van der Waals surface area (Å²) < 4.78 is 28.1. The standard InChI is InChI=1S/C20H16N4O8S/c25-17-7-3-4-12(19(17)26)11-21-22-16-9-8-13(24(29)30)10-18(16)33(31,32)23-15-6-2-1-5-14(15)20(27)28/h1-11,22-23,25-26H,(H,27,28)/b21-11-. The Kier molecular flexibility index (Phi) is 6.44. The van der Waals surface area contributed by atoms with Crippen LogP contribution in [0, 0.1) is 10.1 Å². The molecule has 0 heterocycles. The van der Waals surface area contributed by atoms with Gasteiger partial charge in [0.25, 0.3) is 15.7 Å². The maximum atomic E-state index is 13.0. The minimum Gasteiger partial charge on any atom is -0.504 e. The van der Waals surface area contributed by atoms with Crippen molar-refractivity contribution < 1.29 is 33.5 Å². The van der Waals surface area contributed by atoms with Crippen molar-refractivity contribution in [2.75, 3.05) is 10.1 Å². The summed E-state index contributed by atoms with van der Waals surface area (Å²) >= 11 is 0. The van der Waals surface area contributed by atoms with Gasteiger partial charge in [0.2, 0.25) is 0 Å². The van der Waals surface area contributed by atoms with Crippen LogP contribution in [0.1, 0.15) is 15.9 Å². The summed E-state index contributed by atoms with van der Waals surface area (Å²) in [5, 5.41) is 43.6. The smallest absolute Gasteiger partial charge is 0.337 e. The first-order chi connectivity index (χ1) is 15.6. The molecule has 0 saturated carbocycles. The molecule has 0 aliphatic carbocycles. The summed E-state index contributed by atoms with van der Waals surface area (Å²) in [5.41, 5.74) is 1.28. The highest BCUT2D eigenvalue weighted by Crippen LogP contribution is 2.30. The minimum atomic E-state index is -4.51. The first-order valence-corrected chi connectivity index (χ1v) is 10.5. The van der Waals surface area contributed by atoms with E-state index in [0.29, 0.717) is 0 Å². The van der Waals surface area contributed by atoms with E-state index in [4.69, 9.17) is 0 Å². The average Bonchev–Trinajstić information content (AvgIpc) is 2.76. The molecule has 12 nitrogen and oxygen atoms in total. The van der Waals surface area contributed by atoms with Crippen LogP contribution in [0.3, 0.4) is 0 Å². The highest BCUT2D eigenvalue weighted by molar-refractivity contribution is 7.93. The lowest BCUT2D eigenvalue weighted by atomic mass is 10.2. The molecule has 3 aromatic carbocycles. The second-order valence-corrected chi connectivity index (χ2v) is 8.13. The SMILES string of the molecule is O=C(O)c1ccccc1NS(=O)(=O)c1cc([N+](=O)[O-])ccc1N/N=C\c1cccc(O)c1O. The number of anilines is 2. The molecule has 0 unspecified atom stereocenters. The van der Waals surface area contributed by atoms with Crippen LogP contribution >= 0.6 is 0 Å². The Hall–Kier alpha value is -4.65. The lowest BCUT2D eigenvalue weighted by molar-refractivity contribution is -0.385. The van der Waals surface area contributed by atoms with Crippen LogP contribution in [-0.2, 0) is 10.0 Å². The van der Waals surface area contributed by atoms with Crippen LogP contribution in [-0.4, -0.2) is 40.8 Å². The fraction of sp³-hybridized carbons (Fsp3) is 0. The van der Waals surface area contributed by atoms with Crippen LogP contribution in [0.2, 0.25) is 0 Å². The number of nitrogens with one attached hydrogen (secondary N) is 2. The molecule has 3 rings (SSSR count). The number of nitro groups is 1. The predicted octanol–water partition coefficient (Wildman–Crippen LogP) is 2.95. The molecule has 33 heavy (non-hydrogen) atoms. The van der Waals surface area contributed by atoms with Crippen molar-refractivity contribution in [2.24, 2.45) is 5.10 Å². The normalized spacial score (nSPS) is 11.3. The number of nitro benzene ring substituents is 1. The summed E-state index contributed by atoms with van der Waals surface area (Å²) in [7, 11) is -4.51. The number of benzene rings is 3. The molecule has 0 bridgehead atoms. The molecule has 0 aromatic heterocycles. The van der Waals surface area contributed by atoms with Crippen molar-refractivity contribution in [3.8, 4) is 11.5 Å². The molecule has 0 spiro atoms. The zero-order valence-electron chi connectivity index (χ0n) is 16.5. The third-order valence-corrected chi connectivity index (χ3v) is 5.71. The Morgan fingerprint density at radius 1 is 1.03 bits per heavy atom. The molecule has 0 amide bonds. The number of para-hydroxylation sites is 2. The van der Waals surface area contributed by atoms with Crippen LogP contribution < -0.4 is 10.1 Å². The molecule has 0 radical (unpaired) electrons. The number of non-ortho nitro benzene ring substituents is 1. The molecule has 13 heteroatoms. The minimum absolute atomic E-state index is 0.113. The number of phenolic OH excluding ortho intramolecular Hbond substituents is 2. The quantitative estimate of drug-likeness (QED) is 0.142. The van der Waals surface area contributed by atoms with E-state index in [1.165, 1.54) is 42.5 Å². The van der Waals surface area contributed by atoms with E-state index in [9.17, 15) is 38.6 Å². The molecule has 5 N–H and O–H groups in total. The second kappa shape index (κ2) is 9.23. The number of aromatic carboxylic acids is 1. The third-order valence-electron chi connectivity index (χ3n) is 4.30. The van der Waals surface area contributed by atoms with E-state index >= 15 is 0 Å². The lowest BCUT2D eigenvalue weighted by Crippen LogP contribution is -2.17. The zero-order chi connectivity index (χ0) is 24.2. The van der Waals surface area contributed by atoms with Gasteiger partial charge in [0.05, 0.1) is 28.1 Å². The van der Waals surface area contributed by atoms with Gasteiger partial charge in [0.15, 0.2) is 11.5 Å². The number of carboxylic acid groups (broad SMARTS) is 1. The molecular formula is C20H16N4O8S. The number of hydrazone groups is 1. The number of hydrogen-bond donors (Lipinski definition) is 5. The summed E-state index contributed by atoms with van der Waals surface area (Å²) in [6.45, 7) is 0. The Labute approximate surface area is 186 Å². The van der Waals surface area contributed by atoms with Crippen molar-refractivity contribution in [2.45, 2.75) is 4.90 Å². The topological polar surface area (TPSA) is 191 Å². The van der Waals surface area contributed by atoms with Gasteiger partial charge in [-0.2, -0.15) is 5.10 Å². The van der Waals surface area contributed by atoms with Gasteiger partial charge in [-0.15, -0.1) is 0 Å². The summed E-state index contributed by atoms with van der Waals surface area (Å²) in [6.07, 6.45) is 1.10. The van der Waals surface area contributed by atoms with E-state index < -0.39 is 37.2 Å². The van der Waals surface area contributed by atoms with Gasteiger partial charge in [0, 0.05) is 17.7 Å². The number of nitrogens with zero attached hydrogens (tertiary/aromatic N) is 2. The van der Waals surface area contributed by atoms with Crippen LogP contribution in [0.15, 0.2) is 70.7 Å². The fourth-order valence-electron chi connectivity index (χ4n) is 2.72. The van der Waals surface area contributed by atoms with Crippen molar-refractivity contribution in [3.63, 3.8) is 0 Å². The van der Waals surface area contributed by atoms with E-state index in [1.807, 2.05) is 0 Å². The number of carbonyl (C=O) groups is 1. The van der Waals surface area contributed by atoms with Gasteiger partial charge in [-0.05, 0) is 30.3 Å². The Bertz CT molecular complexity index is 1370. The number of sulfonamides is 1. The Balaban J connectivity index is 2.00. The number of phenols is 2. The van der Waals surface area contributed by atoms with E-state index in [0.717, 1.165) is 24.4 Å². The highest BCUT2D eigenvalue weighted by atomic mass is 32.2. The number of hydrogen-bond acceptors (Lipinski definition) is 9. The third kappa shape index (κ3) is 5.16. The van der Waals surface area contributed by atoms with E-state index in [2.05, 4.69) is 15.2 Å². The zero-order valence-corrected chi connectivity index (χ0v) is 17.4. The summed E-state index contributed by atoms with van der Waals surface area (Å²) in [5.74, 6) is -2.22. The van der Waals surface area contributed by atoms with Crippen molar-refractivity contribution in [3.05, 3.63) is 81.9 Å². The molecule has 170 valence electrons. The molecule has 3 aromatic rings. The van der Waals surface area contributed by atoms with Crippen LogP contribution in [0.25, 0.3) is 0 Å². The van der Waals surface area contributed by atoms with Crippen LogP contribution in [0.5, 0.6) is 11.5 Å². The number of rotatable bonds is 8. The fourth-order valence-corrected chi connectivity index (χ4v) is 3.98. The molecule has 0 aliphatic rings. The van der Waals surface area contributed by atoms with Crippen molar-refractivity contribution >= 4 is 39.3 Å². The molecule has 0 atom stereocenters. The largest absolute Gasteiger partial charge is 0.504 e. The monoisotopic (exact) mass is 472 g/mol. The first-order valence-electron chi connectivity index (χ1n) is 9.04. The van der Waals surface area contributed by atoms with E-state index in [1.54, 1.807) is 0 Å². The van der Waals surface area contributed by atoms with Gasteiger partial charge in [0.1, 0.15) is 4.90 Å². The summed E-state index contributed by atoms with van der Waals surface area (Å²) in [6, 6.07) is 12.3. The Morgan fingerprint density at radius 2 is 1.76 bits per heavy atom. The lowest BCUT2D eigenvalue weighted by Gasteiger charge is -2.13. The predicted molar refractivity (Wildman–Crippen MR) is 118 cm³/mol. The molecular weight excluding hydrogens is 456 g/mol. The summed E-state index contributed by atoms with van der Waals surface area (Å²) in [4.78, 5) is 21.2. The Morgan fingerprint density at radius 3 is 2.45 bits per heavy atom. The van der Waals surface area contributed by atoms with Gasteiger partial charge in [-0.25, -0.2) is 13.2 Å². The van der Waals surface area contributed by atoms with Crippen LogP contribution in [0.4, 0.5) is 17.1 Å². The molecule has 0 aliphatic heterocycles. The van der Waals surface area contributed by atoms with Gasteiger partial charge in [-0.1, -0.05) is 18.2 Å². The van der Waals surface area contributed by atoms with Crippen molar-refractivity contribution in [1.29, 1.82) is 0 Å². The van der Waals surface area contributed by atoms with Gasteiger partial charge < -0.3 is 15.3 Å². The number of aromatic hydroxyl groups is 2. The first kappa shape index (κ1) is 23.0. The molecule has 0 saturated heterocycles. The van der Waals surface area contributed by atoms with Crippen molar-refractivity contribution in [1.82, 2.24) is 0 Å². The second-order valence-electron chi connectivity index (χ2n) is 6.48. The van der Waals surface area contributed by atoms with Gasteiger partial charge >= 0.3 is 5.97 Å².